The number of hydrogen-bond donors (Lipinski definition) is 1. The average Bonchev–Trinajstić information content (AvgIpc) is 2.47. The Morgan fingerprint density at radius 2 is 1.95 bits per heavy atom. The second-order valence-electron chi connectivity index (χ2n) is 4.98. The maximum absolute atomic E-state index is 12.2. The SMILES string of the molecule is CCCc1c2ccccc2cc2c(=O)cc(C(=O)O)oc12. The summed E-state index contributed by atoms with van der Waals surface area (Å²) in [5, 5.41) is 11.5. The molecule has 0 aliphatic heterocycles. The van der Waals surface area contributed by atoms with Crippen LogP contribution in [0, 0.1) is 0 Å². The number of hydrogen-bond acceptors (Lipinski definition) is 3. The van der Waals surface area contributed by atoms with Crippen molar-refractivity contribution in [2.75, 3.05) is 0 Å². The molecule has 0 radical (unpaired) electrons. The first-order valence-corrected chi connectivity index (χ1v) is 6.83. The summed E-state index contributed by atoms with van der Waals surface area (Å²) in [7, 11) is 0. The van der Waals surface area contributed by atoms with Crippen molar-refractivity contribution in [1.29, 1.82) is 0 Å². The van der Waals surface area contributed by atoms with Crippen molar-refractivity contribution in [3.05, 3.63) is 57.9 Å². The van der Waals surface area contributed by atoms with Crippen LogP contribution in [-0.4, -0.2) is 11.1 Å². The Kier molecular flexibility index (Phi) is 3.22. The van der Waals surface area contributed by atoms with Gasteiger partial charge in [0.15, 0.2) is 5.43 Å². The lowest BCUT2D eigenvalue weighted by molar-refractivity contribution is 0.0663. The van der Waals surface area contributed by atoms with Crippen molar-refractivity contribution >= 4 is 27.7 Å². The van der Waals surface area contributed by atoms with Gasteiger partial charge in [-0.15, -0.1) is 0 Å². The summed E-state index contributed by atoms with van der Waals surface area (Å²) in [5.74, 6) is -1.55. The monoisotopic (exact) mass is 282 g/mol. The summed E-state index contributed by atoms with van der Waals surface area (Å²) in [6, 6.07) is 10.5. The Morgan fingerprint density at radius 1 is 1.19 bits per heavy atom. The van der Waals surface area contributed by atoms with Crippen molar-refractivity contribution < 1.29 is 14.3 Å². The van der Waals surface area contributed by atoms with E-state index >= 15 is 0 Å². The Hall–Kier alpha value is -2.62. The van der Waals surface area contributed by atoms with E-state index in [1.54, 1.807) is 6.07 Å². The van der Waals surface area contributed by atoms with Crippen LogP contribution < -0.4 is 5.43 Å². The van der Waals surface area contributed by atoms with Gasteiger partial charge in [-0.2, -0.15) is 0 Å². The third-order valence-electron chi connectivity index (χ3n) is 3.55. The van der Waals surface area contributed by atoms with Crippen molar-refractivity contribution in [1.82, 2.24) is 0 Å². The third kappa shape index (κ3) is 2.18. The molecule has 0 saturated heterocycles. The van der Waals surface area contributed by atoms with Gasteiger partial charge >= 0.3 is 5.97 Å². The number of carboxylic acids is 1. The van der Waals surface area contributed by atoms with Gasteiger partial charge in [-0.3, -0.25) is 4.79 Å². The molecule has 1 N–H and O–H groups in total. The van der Waals surface area contributed by atoms with Crippen LogP contribution in [0.25, 0.3) is 21.7 Å². The van der Waals surface area contributed by atoms with E-state index in [-0.39, 0.29) is 11.2 Å². The van der Waals surface area contributed by atoms with E-state index in [9.17, 15) is 9.59 Å². The van der Waals surface area contributed by atoms with Crippen LogP contribution in [0.15, 0.2) is 45.6 Å². The fourth-order valence-electron chi connectivity index (χ4n) is 2.64. The Bertz CT molecular complexity index is 906. The number of aryl methyl sites for hydroxylation is 1. The molecule has 0 amide bonds. The molecular formula is C17H14O4. The number of aromatic carboxylic acids is 1. The van der Waals surface area contributed by atoms with Gasteiger partial charge in [0, 0.05) is 11.6 Å². The van der Waals surface area contributed by atoms with Crippen LogP contribution in [-0.2, 0) is 6.42 Å². The molecule has 3 aromatic rings. The van der Waals surface area contributed by atoms with E-state index in [4.69, 9.17) is 9.52 Å². The molecule has 0 aliphatic rings. The summed E-state index contributed by atoms with van der Waals surface area (Å²) in [6.45, 7) is 2.03. The molecule has 0 fully saturated rings. The van der Waals surface area contributed by atoms with Gasteiger partial charge in [0.2, 0.25) is 5.76 Å². The number of carboxylic acid groups (broad SMARTS) is 1. The molecule has 106 valence electrons. The van der Waals surface area contributed by atoms with Crippen molar-refractivity contribution in [2.45, 2.75) is 19.8 Å². The number of carbonyl (C=O) groups is 1. The zero-order chi connectivity index (χ0) is 15.0. The molecular weight excluding hydrogens is 268 g/mol. The highest BCUT2D eigenvalue weighted by atomic mass is 16.4. The number of benzene rings is 2. The van der Waals surface area contributed by atoms with E-state index in [2.05, 4.69) is 0 Å². The van der Waals surface area contributed by atoms with E-state index in [1.165, 1.54) is 0 Å². The highest BCUT2D eigenvalue weighted by molar-refractivity contribution is 6.00. The molecule has 4 heteroatoms. The van der Waals surface area contributed by atoms with Crippen molar-refractivity contribution in [3.63, 3.8) is 0 Å². The number of fused-ring (bicyclic) bond motifs is 2. The molecule has 0 saturated carbocycles. The Morgan fingerprint density at radius 3 is 2.67 bits per heavy atom. The molecule has 0 unspecified atom stereocenters. The summed E-state index contributed by atoms with van der Waals surface area (Å²) >= 11 is 0. The quantitative estimate of drug-likeness (QED) is 0.745. The second-order valence-corrected chi connectivity index (χ2v) is 4.98. The normalized spacial score (nSPS) is 11.1. The van der Waals surface area contributed by atoms with Crippen molar-refractivity contribution in [3.8, 4) is 0 Å². The van der Waals surface area contributed by atoms with Gasteiger partial charge in [0.1, 0.15) is 5.58 Å². The maximum Gasteiger partial charge on any atom is 0.371 e. The lowest BCUT2D eigenvalue weighted by Crippen LogP contribution is -2.07. The van der Waals surface area contributed by atoms with Gasteiger partial charge in [0.05, 0.1) is 5.39 Å². The van der Waals surface area contributed by atoms with Crippen LogP contribution in [0.1, 0.15) is 29.5 Å². The zero-order valence-corrected chi connectivity index (χ0v) is 11.6. The molecule has 21 heavy (non-hydrogen) atoms. The van der Waals surface area contributed by atoms with Crippen LogP contribution >= 0.6 is 0 Å². The van der Waals surface area contributed by atoms with Crippen LogP contribution in [0.5, 0.6) is 0 Å². The van der Waals surface area contributed by atoms with Crippen molar-refractivity contribution in [2.24, 2.45) is 0 Å². The largest absolute Gasteiger partial charge is 0.475 e. The number of rotatable bonds is 3. The topological polar surface area (TPSA) is 67.5 Å². The van der Waals surface area contributed by atoms with Crippen LogP contribution in [0.3, 0.4) is 0 Å². The molecule has 2 aromatic carbocycles. The van der Waals surface area contributed by atoms with E-state index in [0.717, 1.165) is 35.2 Å². The van der Waals surface area contributed by atoms with Gasteiger partial charge in [-0.1, -0.05) is 37.6 Å². The molecule has 0 spiro atoms. The minimum atomic E-state index is -1.23. The summed E-state index contributed by atoms with van der Waals surface area (Å²) in [5.41, 5.74) is 0.961. The summed E-state index contributed by atoms with van der Waals surface area (Å²) < 4.78 is 5.50. The fourth-order valence-corrected chi connectivity index (χ4v) is 2.64. The highest BCUT2D eigenvalue weighted by Crippen LogP contribution is 2.28. The van der Waals surface area contributed by atoms with Gasteiger partial charge in [-0.25, -0.2) is 4.79 Å². The van der Waals surface area contributed by atoms with Gasteiger partial charge in [-0.05, 0) is 23.3 Å². The van der Waals surface area contributed by atoms with Gasteiger partial charge in [0.25, 0.3) is 0 Å². The van der Waals surface area contributed by atoms with Crippen LogP contribution in [0.2, 0.25) is 0 Å². The molecule has 0 bridgehead atoms. The lowest BCUT2D eigenvalue weighted by atomic mass is 9.97. The first-order chi connectivity index (χ1) is 10.1. The molecule has 3 rings (SSSR count). The Balaban J connectivity index is 2.51. The lowest BCUT2D eigenvalue weighted by Gasteiger charge is -2.09. The predicted molar refractivity (Wildman–Crippen MR) is 80.9 cm³/mol. The minimum absolute atomic E-state index is 0.319. The highest BCUT2D eigenvalue weighted by Gasteiger charge is 2.15. The minimum Gasteiger partial charge on any atom is -0.475 e. The summed E-state index contributed by atoms with van der Waals surface area (Å²) in [6.07, 6.45) is 1.61. The van der Waals surface area contributed by atoms with E-state index in [1.807, 2.05) is 31.2 Å². The zero-order valence-electron chi connectivity index (χ0n) is 11.6. The Labute approximate surface area is 120 Å². The second kappa shape index (κ2) is 5.05. The third-order valence-corrected chi connectivity index (χ3v) is 3.55. The van der Waals surface area contributed by atoms with Gasteiger partial charge < -0.3 is 9.52 Å². The summed E-state index contributed by atoms with van der Waals surface area (Å²) in [4.78, 5) is 23.3. The van der Waals surface area contributed by atoms with E-state index < -0.39 is 5.97 Å². The average molecular weight is 282 g/mol. The van der Waals surface area contributed by atoms with E-state index in [0.29, 0.717) is 11.0 Å². The molecule has 1 aromatic heterocycles. The first kappa shape index (κ1) is 13.4. The maximum atomic E-state index is 12.2. The molecule has 1 heterocycles. The van der Waals surface area contributed by atoms with Crippen LogP contribution in [0.4, 0.5) is 0 Å². The fraction of sp³-hybridized carbons (Fsp3) is 0.176. The molecule has 4 nitrogen and oxygen atoms in total. The first-order valence-electron chi connectivity index (χ1n) is 6.83. The standard InChI is InChI=1S/C17H14O4/c1-2-5-12-11-7-4-3-6-10(11)8-13-14(18)9-15(17(19)20)21-16(12)13/h3-4,6-9H,2,5H2,1H3,(H,19,20). The smallest absolute Gasteiger partial charge is 0.371 e. The molecule has 0 atom stereocenters. The molecule has 0 aliphatic carbocycles. The predicted octanol–water partition coefficient (Wildman–Crippen LogP) is 3.60.